The number of nitrogens with zero attached hydrogens (tertiary/aromatic N) is 2. The number of para-hydroxylation sites is 1. The minimum Gasteiger partial charge on any atom is -0.466 e. The summed E-state index contributed by atoms with van der Waals surface area (Å²) in [7, 11) is 0. The van der Waals surface area contributed by atoms with Gasteiger partial charge in [-0.2, -0.15) is 0 Å². The maximum atomic E-state index is 12.5. The largest absolute Gasteiger partial charge is 0.466 e. The second kappa shape index (κ2) is 7.61. The normalized spacial score (nSPS) is 19.3. The van der Waals surface area contributed by atoms with Gasteiger partial charge in [0.2, 0.25) is 5.91 Å². The fourth-order valence-corrected chi connectivity index (χ4v) is 4.20. The molecule has 1 aliphatic rings. The number of furan rings is 1. The van der Waals surface area contributed by atoms with E-state index in [2.05, 4.69) is 0 Å². The van der Waals surface area contributed by atoms with Crippen LogP contribution < -0.4 is 0 Å². The Bertz CT molecular complexity index is 822. The lowest BCUT2D eigenvalue weighted by atomic mass is 10.2. The number of amides is 1. The standard InChI is InChI=1S/C17H16N2O6S/c1-11(20)18-14(10-26-16(18)15-7-4-8-24-15)17(21)25-9-12-5-2-3-6-13(12)19(22)23/h2-8,14,16H,9-10H2,1H3/t14-,16+/m0/s1. The first-order valence-corrected chi connectivity index (χ1v) is 8.86. The first-order valence-electron chi connectivity index (χ1n) is 7.82. The lowest BCUT2D eigenvalue weighted by Crippen LogP contribution is -2.42. The molecular weight excluding hydrogens is 360 g/mol. The van der Waals surface area contributed by atoms with Gasteiger partial charge < -0.3 is 14.1 Å². The van der Waals surface area contributed by atoms with Crippen molar-refractivity contribution in [3.8, 4) is 0 Å². The highest BCUT2D eigenvalue weighted by atomic mass is 32.2. The van der Waals surface area contributed by atoms with Crippen LogP contribution in [0.15, 0.2) is 47.1 Å². The summed E-state index contributed by atoms with van der Waals surface area (Å²) in [6.07, 6.45) is 1.51. The lowest BCUT2D eigenvalue weighted by Gasteiger charge is -2.25. The molecule has 1 aromatic heterocycles. The van der Waals surface area contributed by atoms with Gasteiger partial charge in [-0.15, -0.1) is 11.8 Å². The summed E-state index contributed by atoms with van der Waals surface area (Å²) < 4.78 is 10.6. The fraction of sp³-hybridized carbons (Fsp3) is 0.294. The number of thioether (sulfide) groups is 1. The number of benzene rings is 1. The summed E-state index contributed by atoms with van der Waals surface area (Å²) in [6.45, 7) is 1.15. The van der Waals surface area contributed by atoms with E-state index in [1.54, 1.807) is 24.3 Å². The van der Waals surface area contributed by atoms with Crippen LogP contribution in [0.2, 0.25) is 0 Å². The number of nitro benzene ring substituents is 1. The Kier molecular flexibility index (Phi) is 5.27. The van der Waals surface area contributed by atoms with Gasteiger partial charge in [0.1, 0.15) is 23.8 Å². The van der Waals surface area contributed by atoms with Crippen LogP contribution in [0.1, 0.15) is 23.6 Å². The van der Waals surface area contributed by atoms with E-state index in [1.165, 1.54) is 42.0 Å². The van der Waals surface area contributed by atoms with E-state index in [9.17, 15) is 19.7 Å². The molecule has 8 nitrogen and oxygen atoms in total. The number of hydrogen-bond donors (Lipinski definition) is 0. The third-order valence-electron chi connectivity index (χ3n) is 3.98. The van der Waals surface area contributed by atoms with Gasteiger partial charge in [-0.25, -0.2) is 4.79 Å². The van der Waals surface area contributed by atoms with Crippen LogP contribution in [0.5, 0.6) is 0 Å². The highest BCUT2D eigenvalue weighted by molar-refractivity contribution is 7.99. The molecule has 2 aromatic rings. The average Bonchev–Trinajstić information content (AvgIpc) is 3.28. The molecule has 1 aliphatic heterocycles. The first kappa shape index (κ1) is 18.0. The average molecular weight is 376 g/mol. The SMILES string of the molecule is CC(=O)N1[C@@H](c2ccco2)SC[C@H]1C(=O)OCc1ccccc1[N+](=O)[O-]. The molecule has 0 unspecified atom stereocenters. The summed E-state index contributed by atoms with van der Waals surface area (Å²) in [4.78, 5) is 36.5. The molecule has 0 spiro atoms. The van der Waals surface area contributed by atoms with E-state index in [1.807, 2.05) is 0 Å². The van der Waals surface area contributed by atoms with Crippen molar-refractivity contribution in [1.29, 1.82) is 0 Å². The Labute approximate surface area is 153 Å². The van der Waals surface area contributed by atoms with Crippen LogP contribution in [0.25, 0.3) is 0 Å². The number of esters is 1. The lowest BCUT2D eigenvalue weighted by molar-refractivity contribution is -0.385. The Balaban J connectivity index is 1.72. The van der Waals surface area contributed by atoms with Gasteiger partial charge in [0.25, 0.3) is 5.69 Å². The van der Waals surface area contributed by atoms with Crippen LogP contribution in [-0.2, 0) is 20.9 Å². The molecule has 0 bridgehead atoms. The number of hydrogen-bond acceptors (Lipinski definition) is 7. The van der Waals surface area contributed by atoms with Gasteiger partial charge in [0.15, 0.2) is 0 Å². The number of rotatable bonds is 5. The van der Waals surface area contributed by atoms with Crippen LogP contribution >= 0.6 is 11.8 Å². The smallest absolute Gasteiger partial charge is 0.330 e. The van der Waals surface area contributed by atoms with Crippen molar-refractivity contribution in [2.24, 2.45) is 0 Å². The number of ether oxygens (including phenoxy) is 1. The molecule has 26 heavy (non-hydrogen) atoms. The third-order valence-corrected chi connectivity index (χ3v) is 5.26. The zero-order valence-corrected chi connectivity index (χ0v) is 14.7. The second-order valence-electron chi connectivity index (χ2n) is 5.64. The number of nitro groups is 1. The van der Waals surface area contributed by atoms with Crippen molar-refractivity contribution in [2.45, 2.75) is 24.9 Å². The first-order chi connectivity index (χ1) is 12.5. The van der Waals surface area contributed by atoms with Gasteiger partial charge in [-0.1, -0.05) is 12.1 Å². The molecular formula is C17H16N2O6S. The third kappa shape index (κ3) is 3.57. The molecule has 1 aromatic carbocycles. The maximum Gasteiger partial charge on any atom is 0.330 e. The van der Waals surface area contributed by atoms with Crippen molar-refractivity contribution in [3.63, 3.8) is 0 Å². The summed E-state index contributed by atoms with van der Waals surface area (Å²) in [5.74, 6) is 0.0730. The zero-order valence-electron chi connectivity index (χ0n) is 13.9. The van der Waals surface area contributed by atoms with Gasteiger partial charge in [-0.05, 0) is 18.2 Å². The molecule has 2 atom stereocenters. The number of carbonyl (C=O) groups is 2. The summed E-state index contributed by atoms with van der Waals surface area (Å²) >= 11 is 1.40. The molecule has 0 aliphatic carbocycles. The monoisotopic (exact) mass is 376 g/mol. The van der Waals surface area contributed by atoms with Crippen molar-refractivity contribution in [3.05, 3.63) is 64.1 Å². The van der Waals surface area contributed by atoms with E-state index in [4.69, 9.17) is 9.15 Å². The van der Waals surface area contributed by atoms with Gasteiger partial charge in [0.05, 0.1) is 16.7 Å². The molecule has 136 valence electrons. The molecule has 9 heteroatoms. The molecule has 1 fully saturated rings. The van der Waals surface area contributed by atoms with Crippen molar-refractivity contribution >= 4 is 29.3 Å². The van der Waals surface area contributed by atoms with E-state index < -0.39 is 22.3 Å². The fourth-order valence-electron chi connectivity index (χ4n) is 2.78. The Hall–Kier alpha value is -2.81. The second-order valence-corrected chi connectivity index (χ2v) is 6.75. The summed E-state index contributed by atoms with van der Waals surface area (Å²) in [6, 6.07) is 8.75. The van der Waals surface area contributed by atoms with E-state index in [0.29, 0.717) is 17.1 Å². The molecule has 0 N–H and O–H groups in total. The van der Waals surface area contributed by atoms with Crippen LogP contribution in [0, 0.1) is 10.1 Å². The van der Waals surface area contributed by atoms with Crippen molar-refractivity contribution in [1.82, 2.24) is 4.90 Å². The topological polar surface area (TPSA) is 103 Å². The molecule has 1 saturated heterocycles. The van der Waals surface area contributed by atoms with E-state index in [-0.39, 0.29) is 18.2 Å². The predicted octanol–water partition coefficient (Wildman–Crippen LogP) is 2.89. The molecule has 0 radical (unpaired) electrons. The molecule has 2 heterocycles. The maximum absolute atomic E-state index is 12.5. The van der Waals surface area contributed by atoms with Crippen LogP contribution in [0.3, 0.4) is 0 Å². The van der Waals surface area contributed by atoms with Crippen molar-refractivity contribution in [2.75, 3.05) is 5.75 Å². The van der Waals surface area contributed by atoms with E-state index >= 15 is 0 Å². The highest BCUT2D eigenvalue weighted by Crippen LogP contribution is 2.41. The van der Waals surface area contributed by atoms with Crippen LogP contribution in [-0.4, -0.2) is 33.5 Å². The quantitative estimate of drug-likeness (QED) is 0.449. The highest BCUT2D eigenvalue weighted by Gasteiger charge is 2.43. The Morgan fingerprint density at radius 3 is 2.77 bits per heavy atom. The van der Waals surface area contributed by atoms with Gasteiger partial charge in [0, 0.05) is 18.7 Å². The molecule has 3 rings (SSSR count). The summed E-state index contributed by atoms with van der Waals surface area (Å²) in [5.41, 5.74) is 0.187. The minimum absolute atomic E-state index is 0.113. The zero-order chi connectivity index (χ0) is 18.7. The number of carbonyl (C=O) groups excluding carboxylic acids is 2. The predicted molar refractivity (Wildman–Crippen MR) is 93.1 cm³/mol. The van der Waals surface area contributed by atoms with Gasteiger partial charge >= 0.3 is 5.97 Å². The van der Waals surface area contributed by atoms with Crippen molar-refractivity contribution < 1.29 is 23.7 Å². The van der Waals surface area contributed by atoms with Crippen LogP contribution in [0.4, 0.5) is 5.69 Å². The minimum atomic E-state index is -0.768. The Morgan fingerprint density at radius 2 is 2.12 bits per heavy atom. The van der Waals surface area contributed by atoms with E-state index in [0.717, 1.165) is 0 Å². The Morgan fingerprint density at radius 1 is 1.35 bits per heavy atom. The summed E-state index contributed by atoms with van der Waals surface area (Å²) in [5, 5.41) is 10.6. The van der Waals surface area contributed by atoms with Gasteiger partial charge in [-0.3, -0.25) is 14.9 Å². The molecule has 1 amide bonds. The molecule has 0 saturated carbocycles.